The Morgan fingerprint density at radius 1 is 1.35 bits per heavy atom. The van der Waals surface area contributed by atoms with Crippen LogP contribution in [0.4, 0.5) is 0 Å². The quantitative estimate of drug-likeness (QED) is 0.721. The lowest BCUT2D eigenvalue weighted by atomic mass is 10.1. The topological polar surface area (TPSA) is 52.6 Å². The molecule has 2 atom stereocenters. The minimum absolute atomic E-state index is 0.0541. The van der Waals surface area contributed by atoms with Gasteiger partial charge in [0.25, 0.3) is 0 Å². The van der Waals surface area contributed by atoms with Gasteiger partial charge < -0.3 is 10.4 Å². The van der Waals surface area contributed by atoms with E-state index in [9.17, 15) is 9.90 Å². The average Bonchev–Trinajstić information content (AvgIpc) is 2.68. The van der Waals surface area contributed by atoms with E-state index in [0.29, 0.717) is 13.1 Å². The molecule has 2 N–H and O–H groups in total. The molecule has 1 amide bonds. The third-order valence-corrected chi connectivity index (χ3v) is 3.70. The molecule has 0 saturated carbocycles. The van der Waals surface area contributed by atoms with Crippen LogP contribution in [0.2, 0.25) is 0 Å². The Morgan fingerprint density at radius 2 is 2.18 bits per heavy atom. The number of piperazine rings is 1. The van der Waals surface area contributed by atoms with Gasteiger partial charge in [-0.2, -0.15) is 0 Å². The first-order valence-corrected chi connectivity index (χ1v) is 6.02. The lowest BCUT2D eigenvalue weighted by Crippen LogP contribution is -2.52. The van der Waals surface area contributed by atoms with Gasteiger partial charge in [-0.1, -0.05) is 24.3 Å². The van der Waals surface area contributed by atoms with E-state index in [4.69, 9.17) is 0 Å². The van der Waals surface area contributed by atoms with Crippen molar-refractivity contribution < 1.29 is 9.90 Å². The summed E-state index contributed by atoms with van der Waals surface area (Å²) in [5.41, 5.74) is 2.22. The number of hydrogen-bond donors (Lipinski definition) is 2. The highest BCUT2D eigenvalue weighted by Gasteiger charge is 2.36. The van der Waals surface area contributed by atoms with Crippen molar-refractivity contribution in [3.63, 3.8) is 0 Å². The summed E-state index contributed by atoms with van der Waals surface area (Å²) < 4.78 is 0. The Bertz CT molecular complexity index is 447. The lowest BCUT2D eigenvalue weighted by Gasteiger charge is -2.33. The van der Waals surface area contributed by atoms with Crippen LogP contribution in [0.15, 0.2) is 24.3 Å². The van der Waals surface area contributed by atoms with Gasteiger partial charge in [-0.15, -0.1) is 0 Å². The minimum atomic E-state index is -0.461. The van der Waals surface area contributed by atoms with Crippen LogP contribution in [0.5, 0.6) is 0 Å². The van der Waals surface area contributed by atoms with Crippen molar-refractivity contribution >= 4 is 5.91 Å². The second-order valence-electron chi connectivity index (χ2n) is 4.74. The van der Waals surface area contributed by atoms with Gasteiger partial charge >= 0.3 is 0 Å². The van der Waals surface area contributed by atoms with Crippen LogP contribution >= 0.6 is 0 Å². The summed E-state index contributed by atoms with van der Waals surface area (Å²) >= 11 is 0. The van der Waals surface area contributed by atoms with Crippen LogP contribution in [0.25, 0.3) is 0 Å². The maximum absolute atomic E-state index is 11.4. The number of carbonyl (C=O) groups is 1. The normalized spacial score (nSPS) is 28.9. The molecular formula is C13H16N2O2. The number of carbonyl (C=O) groups excluding carboxylic acids is 1. The van der Waals surface area contributed by atoms with Gasteiger partial charge in [0, 0.05) is 19.1 Å². The molecule has 1 fully saturated rings. The highest BCUT2D eigenvalue weighted by molar-refractivity contribution is 5.78. The first kappa shape index (κ1) is 10.7. The molecule has 0 aromatic heterocycles. The van der Waals surface area contributed by atoms with Gasteiger partial charge in [-0.25, -0.2) is 0 Å². The molecule has 4 heteroatoms. The molecule has 0 spiro atoms. The van der Waals surface area contributed by atoms with Crippen molar-refractivity contribution in [3.05, 3.63) is 35.4 Å². The third kappa shape index (κ3) is 1.83. The van der Waals surface area contributed by atoms with Crippen LogP contribution in [0.1, 0.15) is 17.2 Å². The Balaban J connectivity index is 1.81. The average molecular weight is 232 g/mol. The molecule has 1 heterocycles. The van der Waals surface area contributed by atoms with Crippen LogP contribution in [0, 0.1) is 0 Å². The van der Waals surface area contributed by atoms with E-state index >= 15 is 0 Å². The summed E-state index contributed by atoms with van der Waals surface area (Å²) in [5.74, 6) is 0.0550. The van der Waals surface area contributed by atoms with Crippen LogP contribution in [0.3, 0.4) is 0 Å². The number of hydrogen-bond acceptors (Lipinski definition) is 3. The van der Waals surface area contributed by atoms with Crippen LogP contribution in [-0.4, -0.2) is 41.6 Å². The van der Waals surface area contributed by atoms with Gasteiger partial charge in [0.2, 0.25) is 5.91 Å². The molecule has 4 nitrogen and oxygen atoms in total. The minimum Gasteiger partial charge on any atom is -0.387 e. The fourth-order valence-corrected chi connectivity index (χ4v) is 2.82. The van der Waals surface area contributed by atoms with Crippen molar-refractivity contribution in [2.75, 3.05) is 19.6 Å². The number of amides is 1. The summed E-state index contributed by atoms with van der Waals surface area (Å²) in [6.07, 6.45) is 0.377. The van der Waals surface area contributed by atoms with Crippen molar-refractivity contribution in [2.24, 2.45) is 0 Å². The molecule has 3 rings (SSSR count). The first-order chi connectivity index (χ1) is 8.25. The summed E-state index contributed by atoms with van der Waals surface area (Å²) in [5, 5.41) is 13.1. The Morgan fingerprint density at radius 3 is 2.94 bits per heavy atom. The number of benzene rings is 1. The molecular weight excluding hydrogens is 216 g/mol. The molecule has 17 heavy (non-hydrogen) atoms. The van der Waals surface area contributed by atoms with Gasteiger partial charge in [-0.05, 0) is 17.5 Å². The number of nitrogens with one attached hydrogen (secondary N) is 1. The van der Waals surface area contributed by atoms with Gasteiger partial charge in [0.15, 0.2) is 0 Å². The molecule has 1 aromatic carbocycles. The zero-order valence-electron chi connectivity index (χ0n) is 9.60. The Labute approximate surface area is 100 Å². The maximum atomic E-state index is 11.4. The van der Waals surface area contributed by atoms with Gasteiger partial charge in [-0.3, -0.25) is 9.69 Å². The fraction of sp³-hybridized carbons (Fsp3) is 0.462. The first-order valence-electron chi connectivity index (χ1n) is 6.02. The summed E-state index contributed by atoms with van der Waals surface area (Å²) in [6.45, 7) is 1.90. The number of aliphatic hydroxyl groups excluding tert-OH is 1. The van der Waals surface area contributed by atoms with Crippen LogP contribution in [-0.2, 0) is 11.2 Å². The second-order valence-corrected chi connectivity index (χ2v) is 4.74. The summed E-state index contributed by atoms with van der Waals surface area (Å²) in [4.78, 5) is 13.5. The van der Waals surface area contributed by atoms with Crippen LogP contribution < -0.4 is 5.32 Å². The summed E-state index contributed by atoms with van der Waals surface area (Å²) in [6, 6.07) is 8.04. The molecule has 0 radical (unpaired) electrons. The predicted molar refractivity (Wildman–Crippen MR) is 63.5 cm³/mol. The highest BCUT2D eigenvalue weighted by atomic mass is 16.3. The van der Waals surface area contributed by atoms with E-state index in [1.54, 1.807) is 0 Å². The van der Waals surface area contributed by atoms with Crippen molar-refractivity contribution in [3.8, 4) is 0 Å². The summed E-state index contributed by atoms with van der Waals surface area (Å²) in [7, 11) is 0. The molecule has 1 aliphatic carbocycles. The number of aliphatic hydroxyl groups is 1. The predicted octanol–water partition coefficient (Wildman–Crippen LogP) is 0.0765. The smallest absolute Gasteiger partial charge is 0.234 e. The SMILES string of the molecule is O=C1CN(C2Cc3ccccc3C2O)CCN1. The standard InChI is InChI=1S/C13H16N2O2/c16-12-8-15(6-5-14-12)11-7-9-3-1-2-4-10(9)13(11)17/h1-4,11,13,17H,5-8H2,(H,14,16). The fourth-order valence-electron chi connectivity index (χ4n) is 2.82. The lowest BCUT2D eigenvalue weighted by molar-refractivity contribution is -0.125. The van der Waals surface area contributed by atoms with Crippen molar-refractivity contribution in [2.45, 2.75) is 18.6 Å². The van der Waals surface area contributed by atoms with Crippen molar-refractivity contribution in [1.82, 2.24) is 10.2 Å². The zero-order chi connectivity index (χ0) is 11.8. The van der Waals surface area contributed by atoms with E-state index < -0.39 is 6.10 Å². The largest absolute Gasteiger partial charge is 0.387 e. The maximum Gasteiger partial charge on any atom is 0.234 e. The molecule has 2 aliphatic rings. The molecule has 0 bridgehead atoms. The highest BCUT2D eigenvalue weighted by Crippen LogP contribution is 2.34. The molecule has 1 aromatic rings. The Kier molecular flexibility index (Phi) is 2.61. The van der Waals surface area contributed by atoms with E-state index in [1.807, 2.05) is 18.2 Å². The monoisotopic (exact) mass is 232 g/mol. The van der Waals surface area contributed by atoms with Gasteiger partial charge in [0.05, 0.1) is 12.6 Å². The second kappa shape index (κ2) is 4.13. The van der Waals surface area contributed by atoms with Gasteiger partial charge in [0.1, 0.15) is 0 Å². The molecule has 1 saturated heterocycles. The third-order valence-electron chi connectivity index (χ3n) is 3.70. The van der Waals surface area contributed by atoms with E-state index in [0.717, 1.165) is 18.5 Å². The number of fused-ring (bicyclic) bond motifs is 1. The zero-order valence-corrected chi connectivity index (χ0v) is 9.60. The molecule has 2 unspecified atom stereocenters. The van der Waals surface area contributed by atoms with E-state index in [1.165, 1.54) is 5.56 Å². The number of rotatable bonds is 1. The van der Waals surface area contributed by atoms with E-state index in [-0.39, 0.29) is 11.9 Å². The molecule has 1 aliphatic heterocycles. The van der Waals surface area contributed by atoms with E-state index in [2.05, 4.69) is 16.3 Å². The number of nitrogens with zero attached hydrogens (tertiary/aromatic N) is 1. The van der Waals surface area contributed by atoms with Crippen molar-refractivity contribution in [1.29, 1.82) is 0 Å². The molecule has 90 valence electrons. The Hall–Kier alpha value is -1.39.